The number of aromatic nitrogens is 3. The van der Waals surface area contributed by atoms with E-state index in [0.717, 1.165) is 22.5 Å². The summed E-state index contributed by atoms with van der Waals surface area (Å²) in [4.78, 5) is 11.7. The first-order chi connectivity index (χ1) is 10.3. The van der Waals surface area contributed by atoms with Gasteiger partial charge in [0.25, 0.3) is 0 Å². The Morgan fingerprint density at radius 1 is 1.00 bits per heavy atom. The van der Waals surface area contributed by atoms with Crippen molar-refractivity contribution >= 4 is 17.7 Å². The highest BCUT2D eigenvalue weighted by molar-refractivity contribution is 6.27. The van der Waals surface area contributed by atoms with Crippen LogP contribution in [-0.2, 0) is 0 Å². The van der Waals surface area contributed by atoms with Gasteiger partial charge in [0.2, 0.25) is 0 Å². The number of rotatable bonds is 3. The summed E-state index contributed by atoms with van der Waals surface area (Å²) in [5, 5.41) is 0. The van der Waals surface area contributed by atoms with Crippen LogP contribution in [0.5, 0.6) is 0 Å². The predicted octanol–water partition coefficient (Wildman–Crippen LogP) is 4.49. The molecule has 0 radical (unpaired) electrons. The number of H-pyrrole nitrogens is 1. The van der Waals surface area contributed by atoms with E-state index >= 15 is 0 Å². The van der Waals surface area contributed by atoms with Gasteiger partial charge in [0.15, 0.2) is 0 Å². The molecule has 3 rings (SSSR count). The maximum atomic E-state index is 13.1. The number of nitrogens with one attached hydrogen (secondary N) is 1. The molecule has 0 saturated heterocycles. The summed E-state index contributed by atoms with van der Waals surface area (Å²) in [7, 11) is 0. The highest BCUT2D eigenvalue weighted by Gasteiger charge is 2.13. The lowest BCUT2D eigenvalue weighted by atomic mass is 10.1. The zero-order chi connectivity index (χ0) is 14.7. The van der Waals surface area contributed by atoms with E-state index < -0.39 is 0 Å². The first-order valence-corrected chi connectivity index (χ1v) is 6.74. The van der Waals surface area contributed by atoms with Crippen LogP contribution in [0.15, 0.2) is 54.3 Å². The van der Waals surface area contributed by atoms with Gasteiger partial charge >= 0.3 is 0 Å². The van der Waals surface area contributed by atoms with Gasteiger partial charge in [0.05, 0.1) is 11.4 Å². The van der Waals surface area contributed by atoms with Crippen molar-refractivity contribution in [1.29, 1.82) is 0 Å². The molecule has 1 N–H and O–H groups in total. The van der Waals surface area contributed by atoms with E-state index in [2.05, 4.69) is 15.0 Å². The highest BCUT2D eigenvalue weighted by Crippen LogP contribution is 2.30. The lowest BCUT2D eigenvalue weighted by Gasteiger charge is -2.02. The molecule has 0 atom stereocenters. The van der Waals surface area contributed by atoms with Gasteiger partial charge in [0, 0.05) is 29.1 Å². The maximum absolute atomic E-state index is 13.1. The maximum Gasteiger partial charge on any atom is 0.132 e. The summed E-state index contributed by atoms with van der Waals surface area (Å²) in [6.45, 7) is 0. The third-order valence-electron chi connectivity index (χ3n) is 3.03. The van der Waals surface area contributed by atoms with Crippen LogP contribution < -0.4 is 0 Å². The number of imidazole rings is 1. The SMILES string of the molecule is Fc1ccc(-c2nc(/C=C/Cl)[nH]c2-c2ccncc2)cc1. The Labute approximate surface area is 126 Å². The average Bonchev–Trinajstić information content (AvgIpc) is 2.93. The molecule has 0 fully saturated rings. The normalized spacial score (nSPS) is 11.1. The van der Waals surface area contributed by atoms with Crippen LogP contribution in [-0.4, -0.2) is 15.0 Å². The second-order valence-electron chi connectivity index (χ2n) is 4.38. The summed E-state index contributed by atoms with van der Waals surface area (Å²) in [6.07, 6.45) is 5.09. The summed E-state index contributed by atoms with van der Waals surface area (Å²) < 4.78 is 13.1. The van der Waals surface area contributed by atoms with E-state index in [-0.39, 0.29) is 5.82 Å². The molecule has 1 aromatic carbocycles. The van der Waals surface area contributed by atoms with Crippen molar-refractivity contribution in [2.24, 2.45) is 0 Å². The van der Waals surface area contributed by atoms with Gasteiger partial charge in [-0.25, -0.2) is 9.37 Å². The van der Waals surface area contributed by atoms with Crippen molar-refractivity contribution in [2.45, 2.75) is 0 Å². The third-order valence-corrected chi connectivity index (χ3v) is 3.16. The Morgan fingerprint density at radius 2 is 1.71 bits per heavy atom. The zero-order valence-corrected chi connectivity index (χ0v) is 11.7. The molecule has 104 valence electrons. The van der Waals surface area contributed by atoms with Gasteiger partial charge in [-0.05, 0) is 42.5 Å². The Hall–Kier alpha value is -2.46. The molecule has 3 nitrogen and oxygen atoms in total. The van der Waals surface area contributed by atoms with Crippen molar-refractivity contribution in [1.82, 2.24) is 15.0 Å². The van der Waals surface area contributed by atoms with Gasteiger partial charge in [0.1, 0.15) is 11.6 Å². The molecule has 0 aliphatic heterocycles. The van der Waals surface area contributed by atoms with Gasteiger partial charge < -0.3 is 4.98 Å². The van der Waals surface area contributed by atoms with Crippen LogP contribution in [0.3, 0.4) is 0 Å². The number of halogens is 2. The number of pyridine rings is 1. The molecule has 2 heterocycles. The highest BCUT2D eigenvalue weighted by atomic mass is 35.5. The minimum Gasteiger partial charge on any atom is -0.338 e. The van der Waals surface area contributed by atoms with Crippen LogP contribution in [0.25, 0.3) is 28.6 Å². The van der Waals surface area contributed by atoms with E-state index in [0.29, 0.717) is 5.82 Å². The van der Waals surface area contributed by atoms with Crippen molar-refractivity contribution in [2.75, 3.05) is 0 Å². The molecular weight excluding hydrogens is 289 g/mol. The van der Waals surface area contributed by atoms with E-state index in [1.54, 1.807) is 30.6 Å². The van der Waals surface area contributed by atoms with Crippen molar-refractivity contribution in [3.63, 3.8) is 0 Å². The van der Waals surface area contributed by atoms with Gasteiger partial charge in [-0.3, -0.25) is 4.98 Å². The van der Waals surface area contributed by atoms with Crippen molar-refractivity contribution < 1.29 is 4.39 Å². The molecule has 0 bridgehead atoms. The Morgan fingerprint density at radius 3 is 2.38 bits per heavy atom. The first kappa shape index (κ1) is 13.5. The van der Waals surface area contributed by atoms with Crippen LogP contribution >= 0.6 is 11.6 Å². The van der Waals surface area contributed by atoms with Crippen LogP contribution in [0, 0.1) is 5.82 Å². The topological polar surface area (TPSA) is 41.6 Å². The minimum absolute atomic E-state index is 0.277. The molecule has 0 aliphatic rings. The Kier molecular flexibility index (Phi) is 3.79. The van der Waals surface area contributed by atoms with E-state index in [1.165, 1.54) is 17.7 Å². The van der Waals surface area contributed by atoms with E-state index in [1.807, 2.05) is 12.1 Å². The fourth-order valence-electron chi connectivity index (χ4n) is 2.07. The predicted molar refractivity (Wildman–Crippen MR) is 82.1 cm³/mol. The lowest BCUT2D eigenvalue weighted by molar-refractivity contribution is 0.628. The smallest absolute Gasteiger partial charge is 0.132 e. The standard InChI is InChI=1S/C16H11ClFN3/c17-8-5-14-20-15(11-1-3-13(18)4-2-11)16(21-14)12-6-9-19-10-7-12/h1-10H,(H,20,21)/b8-5+. The second-order valence-corrected chi connectivity index (χ2v) is 4.63. The Bertz CT molecular complexity index is 764. The molecule has 21 heavy (non-hydrogen) atoms. The van der Waals surface area contributed by atoms with E-state index in [4.69, 9.17) is 11.6 Å². The van der Waals surface area contributed by atoms with Crippen molar-refractivity contribution in [3.8, 4) is 22.5 Å². The average molecular weight is 300 g/mol. The number of benzene rings is 1. The quantitative estimate of drug-likeness (QED) is 0.774. The molecule has 0 amide bonds. The third kappa shape index (κ3) is 2.85. The molecule has 0 unspecified atom stereocenters. The minimum atomic E-state index is -0.277. The fourth-order valence-corrected chi connectivity index (χ4v) is 2.19. The van der Waals surface area contributed by atoms with Gasteiger partial charge in [-0.1, -0.05) is 11.6 Å². The summed E-state index contributed by atoms with van der Waals surface area (Å²) in [5.74, 6) is 0.358. The summed E-state index contributed by atoms with van der Waals surface area (Å²) in [5.41, 5.74) is 4.75. The molecule has 2 aromatic heterocycles. The molecule has 0 saturated carbocycles. The lowest BCUT2D eigenvalue weighted by Crippen LogP contribution is -1.84. The zero-order valence-electron chi connectivity index (χ0n) is 10.9. The van der Waals surface area contributed by atoms with Crippen molar-refractivity contribution in [3.05, 3.63) is 66.0 Å². The van der Waals surface area contributed by atoms with Crippen LogP contribution in [0.1, 0.15) is 5.82 Å². The van der Waals surface area contributed by atoms with Crippen LogP contribution in [0.4, 0.5) is 4.39 Å². The van der Waals surface area contributed by atoms with Crippen LogP contribution in [0.2, 0.25) is 0 Å². The fraction of sp³-hybridized carbons (Fsp3) is 0. The Balaban J connectivity index is 2.16. The molecular formula is C16H11ClFN3. The first-order valence-electron chi connectivity index (χ1n) is 6.31. The number of nitrogens with zero attached hydrogens (tertiary/aromatic N) is 2. The summed E-state index contributed by atoms with van der Waals surface area (Å²) >= 11 is 5.61. The monoisotopic (exact) mass is 299 g/mol. The van der Waals surface area contributed by atoms with E-state index in [9.17, 15) is 4.39 Å². The largest absolute Gasteiger partial charge is 0.338 e. The second kappa shape index (κ2) is 5.89. The van der Waals surface area contributed by atoms with Gasteiger partial charge in [-0.2, -0.15) is 0 Å². The molecule has 3 aromatic rings. The molecule has 0 aliphatic carbocycles. The number of hydrogen-bond acceptors (Lipinski definition) is 2. The molecule has 5 heteroatoms. The number of hydrogen-bond donors (Lipinski definition) is 1. The van der Waals surface area contributed by atoms with Gasteiger partial charge in [-0.15, -0.1) is 0 Å². The summed E-state index contributed by atoms with van der Waals surface area (Å²) in [6, 6.07) is 9.99. The molecule has 0 spiro atoms. The number of aromatic amines is 1.